The lowest BCUT2D eigenvalue weighted by Crippen LogP contribution is -2.52. The number of carbonyl (C=O) groups excluding carboxylic acids is 2. The van der Waals surface area contributed by atoms with Crippen molar-refractivity contribution in [2.75, 3.05) is 51.3 Å². The number of hydrogen-bond acceptors (Lipinski definition) is 4. The number of urea groups is 1. The quantitative estimate of drug-likeness (QED) is 0.857. The number of anilines is 1. The maximum absolute atomic E-state index is 12.2. The molecule has 7 nitrogen and oxygen atoms in total. The molecule has 3 amide bonds. The van der Waals surface area contributed by atoms with Gasteiger partial charge in [0.05, 0.1) is 19.8 Å². The van der Waals surface area contributed by atoms with Gasteiger partial charge in [-0.15, -0.1) is 0 Å². The Bertz CT molecular complexity index is 567. The van der Waals surface area contributed by atoms with Crippen molar-refractivity contribution in [2.24, 2.45) is 0 Å². The molecule has 7 heteroatoms. The van der Waals surface area contributed by atoms with Gasteiger partial charge in [-0.05, 0) is 25.0 Å². The number of ether oxygens (including phenoxy) is 1. The number of para-hydroxylation sites is 1. The Balaban J connectivity index is 1.36. The smallest absolute Gasteiger partial charge is 0.317 e. The van der Waals surface area contributed by atoms with Crippen molar-refractivity contribution >= 4 is 17.6 Å². The summed E-state index contributed by atoms with van der Waals surface area (Å²) in [5.74, 6) is 0.00185. The second-order valence-electron chi connectivity index (χ2n) is 6.51. The van der Waals surface area contributed by atoms with E-state index in [0.29, 0.717) is 32.8 Å². The third-order valence-corrected chi connectivity index (χ3v) is 4.64. The standard InChI is InChI=1S/C18H26N4O3/c23-17(19-15-4-2-1-3-5-15)14-21-8-6-16(7-9-21)20-18(24)22-10-12-25-13-11-22/h1-5,16H,6-14H2,(H,19,23)(H,20,24). The van der Waals surface area contributed by atoms with Crippen molar-refractivity contribution < 1.29 is 14.3 Å². The van der Waals surface area contributed by atoms with Crippen LogP contribution in [0, 0.1) is 0 Å². The maximum atomic E-state index is 12.2. The van der Waals surface area contributed by atoms with E-state index in [0.717, 1.165) is 31.6 Å². The van der Waals surface area contributed by atoms with E-state index in [1.54, 1.807) is 0 Å². The van der Waals surface area contributed by atoms with Crippen molar-refractivity contribution in [3.05, 3.63) is 30.3 Å². The fourth-order valence-corrected chi connectivity index (χ4v) is 3.19. The first-order chi connectivity index (χ1) is 12.2. The van der Waals surface area contributed by atoms with Crippen LogP contribution in [0.25, 0.3) is 0 Å². The molecule has 0 unspecified atom stereocenters. The zero-order chi connectivity index (χ0) is 17.5. The normalized spacial score (nSPS) is 19.4. The van der Waals surface area contributed by atoms with Crippen LogP contribution in [0.4, 0.5) is 10.5 Å². The predicted molar refractivity (Wildman–Crippen MR) is 95.5 cm³/mol. The average Bonchev–Trinajstić information content (AvgIpc) is 2.65. The van der Waals surface area contributed by atoms with Crippen molar-refractivity contribution in [1.29, 1.82) is 0 Å². The van der Waals surface area contributed by atoms with Gasteiger partial charge in [-0.25, -0.2) is 4.79 Å². The molecule has 2 aliphatic rings. The van der Waals surface area contributed by atoms with Crippen molar-refractivity contribution in [2.45, 2.75) is 18.9 Å². The highest BCUT2D eigenvalue weighted by Gasteiger charge is 2.24. The molecule has 0 atom stereocenters. The van der Waals surface area contributed by atoms with Crippen LogP contribution < -0.4 is 10.6 Å². The zero-order valence-electron chi connectivity index (χ0n) is 14.4. The Morgan fingerprint density at radius 1 is 1.04 bits per heavy atom. The highest BCUT2D eigenvalue weighted by atomic mass is 16.5. The third kappa shape index (κ3) is 5.44. The number of nitrogens with zero attached hydrogens (tertiary/aromatic N) is 2. The summed E-state index contributed by atoms with van der Waals surface area (Å²) in [6.07, 6.45) is 1.74. The lowest BCUT2D eigenvalue weighted by atomic mass is 10.1. The molecule has 1 aromatic rings. The molecule has 0 bridgehead atoms. The topological polar surface area (TPSA) is 73.9 Å². The highest BCUT2D eigenvalue weighted by molar-refractivity contribution is 5.92. The van der Waals surface area contributed by atoms with Crippen LogP contribution in [0.15, 0.2) is 30.3 Å². The van der Waals surface area contributed by atoms with Crippen LogP contribution in [0.5, 0.6) is 0 Å². The van der Waals surface area contributed by atoms with E-state index in [1.165, 1.54) is 0 Å². The van der Waals surface area contributed by atoms with Crippen molar-refractivity contribution in [3.8, 4) is 0 Å². The molecule has 136 valence electrons. The molecular weight excluding hydrogens is 320 g/mol. The van der Waals surface area contributed by atoms with E-state index < -0.39 is 0 Å². The van der Waals surface area contributed by atoms with E-state index in [1.807, 2.05) is 35.2 Å². The number of carbonyl (C=O) groups is 2. The number of nitrogens with one attached hydrogen (secondary N) is 2. The molecule has 3 rings (SSSR count). The zero-order valence-corrected chi connectivity index (χ0v) is 14.4. The third-order valence-electron chi connectivity index (χ3n) is 4.64. The Morgan fingerprint density at radius 3 is 2.40 bits per heavy atom. The number of morpholine rings is 1. The van der Waals surface area contributed by atoms with Gasteiger partial charge in [0.1, 0.15) is 0 Å². The molecule has 2 N–H and O–H groups in total. The molecule has 2 fully saturated rings. The molecule has 0 aliphatic carbocycles. The number of benzene rings is 1. The molecule has 2 heterocycles. The molecule has 25 heavy (non-hydrogen) atoms. The van der Waals surface area contributed by atoms with Crippen LogP contribution in [0.2, 0.25) is 0 Å². The number of amides is 3. The van der Waals surface area contributed by atoms with E-state index >= 15 is 0 Å². The molecule has 0 aromatic heterocycles. The second-order valence-corrected chi connectivity index (χ2v) is 6.51. The average molecular weight is 346 g/mol. The molecule has 2 saturated heterocycles. The largest absolute Gasteiger partial charge is 0.378 e. The van der Waals surface area contributed by atoms with Gasteiger partial charge in [-0.2, -0.15) is 0 Å². The number of piperidine rings is 1. The van der Waals surface area contributed by atoms with Crippen LogP contribution in [-0.2, 0) is 9.53 Å². The number of hydrogen-bond donors (Lipinski definition) is 2. The Kier molecular flexibility index (Phi) is 6.25. The summed E-state index contributed by atoms with van der Waals surface area (Å²) in [5.41, 5.74) is 0.820. The van der Waals surface area contributed by atoms with Gasteiger partial charge >= 0.3 is 6.03 Å². The van der Waals surface area contributed by atoms with Gasteiger partial charge in [0.25, 0.3) is 0 Å². The van der Waals surface area contributed by atoms with E-state index in [9.17, 15) is 9.59 Å². The number of likely N-dealkylation sites (tertiary alicyclic amines) is 1. The summed E-state index contributed by atoms with van der Waals surface area (Å²) in [4.78, 5) is 28.3. The maximum Gasteiger partial charge on any atom is 0.317 e. The first kappa shape index (κ1) is 17.7. The van der Waals surface area contributed by atoms with E-state index in [4.69, 9.17) is 4.74 Å². The first-order valence-electron chi connectivity index (χ1n) is 8.91. The lowest BCUT2D eigenvalue weighted by molar-refractivity contribution is -0.117. The minimum absolute atomic E-state index is 0.00185. The molecular formula is C18H26N4O3. The van der Waals surface area contributed by atoms with Gasteiger partial charge in [0, 0.05) is 37.9 Å². The summed E-state index contributed by atoms with van der Waals surface area (Å²) in [6, 6.07) is 9.67. The highest BCUT2D eigenvalue weighted by Crippen LogP contribution is 2.12. The van der Waals surface area contributed by atoms with Gasteiger partial charge in [0.15, 0.2) is 0 Å². The molecule has 0 saturated carbocycles. The van der Waals surface area contributed by atoms with Crippen LogP contribution in [0.1, 0.15) is 12.8 Å². The van der Waals surface area contributed by atoms with Gasteiger partial charge < -0.3 is 20.3 Å². The molecule has 0 spiro atoms. The fourth-order valence-electron chi connectivity index (χ4n) is 3.19. The number of rotatable bonds is 4. The summed E-state index contributed by atoms with van der Waals surface area (Å²) in [6.45, 7) is 4.56. The monoisotopic (exact) mass is 346 g/mol. The fraction of sp³-hybridized carbons (Fsp3) is 0.556. The van der Waals surface area contributed by atoms with E-state index in [2.05, 4.69) is 15.5 Å². The second kappa shape index (κ2) is 8.82. The molecule has 2 aliphatic heterocycles. The summed E-state index contributed by atoms with van der Waals surface area (Å²) in [5, 5.41) is 6.01. The molecule has 1 aromatic carbocycles. The summed E-state index contributed by atoms with van der Waals surface area (Å²) >= 11 is 0. The molecule has 0 radical (unpaired) electrons. The Labute approximate surface area is 148 Å². The SMILES string of the molecule is O=C(CN1CCC(NC(=O)N2CCOCC2)CC1)Nc1ccccc1. The van der Waals surface area contributed by atoms with Gasteiger partial charge in [0.2, 0.25) is 5.91 Å². The van der Waals surface area contributed by atoms with Crippen LogP contribution in [-0.4, -0.2) is 73.7 Å². The van der Waals surface area contributed by atoms with Crippen molar-refractivity contribution in [1.82, 2.24) is 15.1 Å². The minimum Gasteiger partial charge on any atom is -0.378 e. The minimum atomic E-state index is 0.00185. The summed E-state index contributed by atoms with van der Waals surface area (Å²) < 4.78 is 5.27. The van der Waals surface area contributed by atoms with Crippen molar-refractivity contribution in [3.63, 3.8) is 0 Å². The predicted octanol–water partition coefficient (Wildman–Crippen LogP) is 1.13. The summed E-state index contributed by atoms with van der Waals surface area (Å²) in [7, 11) is 0. The van der Waals surface area contributed by atoms with E-state index in [-0.39, 0.29) is 18.0 Å². The van der Waals surface area contributed by atoms with Gasteiger partial charge in [-0.1, -0.05) is 18.2 Å². The van der Waals surface area contributed by atoms with Gasteiger partial charge in [-0.3, -0.25) is 9.69 Å². The first-order valence-corrected chi connectivity index (χ1v) is 8.91. The lowest BCUT2D eigenvalue weighted by Gasteiger charge is -2.34. The van der Waals surface area contributed by atoms with Crippen LogP contribution in [0.3, 0.4) is 0 Å². The Hall–Kier alpha value is -2.12. The van der Waals surface area contributed by atoms with Crippen LogP contribution >= 0.6 is 0 Å². The Morgan fingerprint density at radius 2 is 1.72 bits per heavy atom.